The molecule has 0 amide bonds. The Morgan fingerprint density at radius 2 is 2.00 bits per heavy atom. The second-order valence-electron chi connectivity index (χ2n) is 2.80. The van der Waals surface area contributed by atoms with Crippen molar-refractivity contribution in [1.29, 1.82) is 0 Å². The van der Waals surface area contributed by atoms with Gasteiger partial charge in [0.15, 0.2) is 0 Å². The molecule has 1 aliphatic carbocycles. The second-order valence-corrected chi connectivity index (χ2v) is 2.80. The summed E-state index contributed by atoms with van der Waals surface area (Å²) < 4.78 is 6.93. The Kier molecular flexibility index (Phi) is 2.38. The molecule has 0 radical (unpaired) electrons. The van der Waals surface area contributed by atoms with E-state index in [0.29, 0.717) is 0 Å². The molecule has 0 aromatic heterocycles. The van der Waals surface area contributed by atoms with E-state index >= 15 is 0 Å². The van der Waals surface area contributed by atoms with E-state index in [4.69, 9.17) is 12.2 Å². The summed E-state index contributed by atoms with van der Waals surface area (Å²) in [6.07, 6.45) is -2.95. The van der Waals surface area contributed by atoms with Gasteiger partial charge in [0.05, 0.1) is 14.0 Å². The predicted octanol–water partition coefficient (Wildman–Crippen LogP) is -2.67. The second kappa shape index (κ2) is 3.51. The maximum absolute atomic E-state index is 9.28. The van der Waals surface area contributed by atoms with Crippen molar-refractivity contribution in [2.24, 2.45) is 5.73 Å². The summed E-state index contributed by atoms with van der Waals surface area (Å²) in [5, 5.41) is 36.6. The third-order valence-corrected chi connectivity index (χ3v) is 1.94. The molecule has 0 aromatic rings. The van der Waals surface area contributed by atoms with Crippen molar-refractivity contribution < 1.29 is 21.8 Å². The summed E-state index contributed by atoms with van der Waals surface area (Å²) in [6.45, 7) is -1.62. The van der Waals surface area contributed by atoms with E-state index in [2.05, 4.69) is 0 Å². The number of aliphatic hydroxyl groups excluding tert-OH is 4. The first-order chi connectivity index (χ1) is 5.95. The van der Waals surface area contributed by atoms with Crippen molar-refractivity contribution >= 4 is 0 Å². The average Bonchev–Trinajstić information content (AvgIpc) is 2.07. The fraction of sp³-hybridized carbons (Fsp3) is 0.714. The number of hydrogen-bond acceptors (Lipinski definition) is 5. The summed E-state index contributed by atoms with van der Waals surface area (Å²) in [6, 6.07) is -0.867. The van der Waals surface area contributed by atoms with Gasteiger partial charge in [-0.2, -0.15) is 0 Å². The Balaban J connectivity index is 2.91. The number of hydrogen-bond donors (Lipinski definition) is 5. The monoisotopic (exact) mass is 177 g/mol. The Labute approximate surface area is 71.2 Å². The number of aliphatic hydroxyl groups is 4. The van der Waals surface area contributed by atoms with Crippen LogP contribution in [0.1, 0.15) is 1.37 Å². The molecular formula is C7H13NO4. The molecule has 6 N–H and O–H groups in total. The molecular weight excluding hydrogens is 162 g/mol. The highest BCUT2D eigenvalue weighted by atomic mass is 16.4. The summed E-state index contributed by atoms with van der Waals surface area (Å²) in [7, 11) is 0. The van der Waals surface area contributed by atoms with Crippen LogP contribution in [0.2, 0.25) is 0 Å². The quantitative estimate of drug-likeness (QED) is 0.281. The van der Waals surface area contributed by atoms with E-state index in [1.165, 1.54) is 6.08 Å². The molecule has 0 spiro atoms. The highest BCUT2D eigenvalue weighted by Gasteiger charge is 2.34. The van der Waals surface area contributed by atoms with Crippen LogP contribution >= 0.6 is 0 Å². The molecule has 0 bridgehead atoms. The average molecular weight is 177 g/mol. The first kappa shape index (κ1) is 8.15. The molecule has 0 saturated carbocycles. The first-order valence-electron chi connectivity index (χ1n) is 4.14. The SMILES string of the molecule is [3H]C(O)C1=CC(N)C(O)[C@@H](O)C1O. The van der Waals surface area contributed by atoms with Gasteiger partial charge in [-0.3, -0.25) is 0 Å². The number of rotatable bonds is 1. The van der Waals surface area contributed by atoms with Crippen LogP contribution < -0.4 is 5.73 Å². The Morgan fingerprint density at radius 1 is 1.42 bits per heavy atom. The van der Waals surface area contributed by atoms with Gasteiger partial charge in [-0.05, 0) is 5.57 Å². The third kappa shape index (κ3) is 1.50. The van der Waals surface area contributed by atoms with Gasteiger partial charge in [-0.1, -0.05) is 6.08 Å². The molecule has 70 valence electrons. The number of nitrogens with two attached hydrogens (primary N) is 1. The minimum Gasteiger partial charge on any atom is -0.392 e. The summed E-state index contributed by atoms with van der Waals surface area (Å²) >= 11 is 0. The molecule has 1 rings (SSSR count). The lowest BCUT2D eigenvalue weighted by atomic mass is 9.89. The van der Waals surface area contributed by atoms with Gasteiger partial charge in [0.1, 0.15) is 18.3 Å². The summed E-state index contributed by atoms with van der Waals surface area (Å²) in [4.78, 5) is 0. The molecule has 5 atom stereocenters. The molecule has 0 fully saturated rings. The zero-order valence-electron chi connectivity index (χ0n) is 7.33. The minimum atomic E-state index is -1.62. The minimum absolute atomic E-state index is 0.0784. The summed E-state index contributed by atoms with van der Waals surface area (Å²) in [5.41, 5.74) is 5.29. The third-order valence-electron chi connectivity index (χ3n) is 1.94. The fourth-order valence-electron chi connectivity index (χ4n) is 1.15. The van der Waals surface area contributed by atoms with Crippen LogP contribution in [-0.4, -0.2) is 51.4 Å². The normalized spacial score (nSPS) is 46.4. The van der Waals surface area contributed by atoms with Crippen molar-refractivity contribution in [2.75, 3.05) is 6.58 Å². The molecule has 0 saturated heterocycles. The van der Waals surface area contributed by atoms with E-state index in [9.17, 15) is 15.3 Å². The van der Waals surface area contributed by atoms with E-state index in [-0.39, 0.29) is 5.57 Å². The lowest BCUT2D eigenvalue weighted by molar-refractivity contribution is -0.0596. The Morgan fingerprint density at radius 3 is 2.50 bits per heavy atom. The van der Waals surface area contributed by atoms with Gasteiger partial charge < -0.3 is 26.2 Å². The van der Waals surface area contributed by atoms with Gasteiger partial charge in [-0.25, -0.2) is 0 Å². The molecule has 4 unspecified atom stereocenters. The van der Waals surface area contributed by atoms with E-state index in [1.807, 2.05) is 0 Å². The highest BCUT2D eigenvalue weighted by Crippen LogP contribution is 2.18. The van der Waals surface area contributed by atoms with Crippen LogP contribution in [0.15, 0.2) is 11.6 Å². The van der Waals surface area contributed by atoms with Crippen LogP contribution in [0.25, 0.3) is 0 Å². The van der Waals surface area contributed by atoms with Crippen molar-refractivity contribution in [3.8, 4) is 0 Å². The van der Waals surface area contributed by atoms with Crippen LogP contribution in [0.3, 0.4) is 0 Å². The van der Waals surface area contributed by atoms with Crippen molar-refractivity contribution in [3.63, 3.8) is 0 Å². The Bertz CT molecular complexity index is 221. The van der Waals surface area contributed by atoms with Crippen molar-refractivity contribution in [1.82, 2.24) is 0 Å². The molecule has 0 aliphatic heterocycles. The van der Waals surface area contributed by atoms with E-state index < -0.39 is 30.9 Å². The van der Waals surface area contributed by atoms with Crippen LogP contribution in [0, 0.1) is 0 Å². The lowest BCUT2D eigenvalue weighted by Crippen LogP contribution is -2.52. The van der Waals surface area contributed by atoms with Crippen molar-refractivity contribution in [3.05, 3.63) is 11.6 Å². The zero-order chi connectivity index (χ0) is 10.2. The summed E-state index contributed by atoms with van der Waals surface area (Å²) in [5.74, 6) is 0. The van der Waals surface area contributed by atoms with Gasteiger partial charge in [0.25, 0.3) is 0 Å². The van der Waals surface area contributed by atoms with Crippen LogP contribution in [-0.2, 0) is 0 Å². The van der Waals surface area contributed by atoms with Crippen molar-refractivity contribution in [2.45, 2.75) is 24.4 Å². The molecule has 5 nitrogen and oxygen atoms in total. The van der Waals surface area contributed by atoms with E-state index in [1.54, 1.807) is 0 Å². The van der Waals surface area contributed by atoms with E-state index in [0.717, 1.165) is 0 Å². The predicted molar refractivity (Wildman–Crippen MR) is 41.2 cm³/mol. The first-order valence-corrected chi connectivity index (χ1v) is 3.57. The van der Waals surface area contributed by atoms with Crippen LogP contribution in [0.5, 0.6) is 0 Å². The standard InChI is InChI=1S/C7H13NO4/c8-4-1-3(2-9)5(10)7(12)6(4)11/h1,4-7,9-12H,2,8H2/t4?,5?,6?,7-/m0/s1/i2T/t2?,4?,5?,6?,7-. The lowest BCUT2D eigenvalue weighted by Gasteiger charge is -2.32. The fourth-order valence-corrected chi connectivity index (χ4v) is 1.15. The van der Waals surface area contributed by atoms with Gasteiger partial charge >= 0.3 is 0 Å². The molecule has 1 aliphatic rings. The topological polar surface area (TPSA) is 107 Å². The Hall–Kier alpha value is -0.460. The van der Waals surface area contributed by atoms with Gasteiger partial charge in [0.2, 0.25) is 0 Å². The molecule has 12 heavy (non-hydrogen) atoms. The molecule has 0 heterocycles. The van der Waals surface area contributed by atoms with Crippen LogP contribution in [0.4, 0.5) is 0 Å². The molecule has 5 heteroatoms. The van der Waals surface area contributed by atoms with Gasteiger partial charge in [0, 0.05) is 0 Å². The largest absolute Gasteiger partial charge is 0.392 e. The maximum Gasteiger partial charge on any atom is 0.111 e. The zero-order valence-corrected chi connectivity index (χ0v) is 6.33. The highest BCUT2D eigenvalue weighted by molar-refractivity contribution is 5.20. The molecule has 0 aromatic carbocycles. The van der Waals surface area contributed by atoms with Gasteiger partial charge in [-0.15, -0.1) is 0 Å². The smallest absolute Gasteiger partial charge is 0.111 e. The maximum atomic E-state index is 9.28.